The molecule has 0 spiro atoms. The zero-order chi connectivity index (χ0) is 12.4. The van der Waals surface area contributed by atoms with E-state index >= 15 is 0 Å². The van der Waals surface area contributed by atoms with Crippen molar-refractivity contribution in [3.05, 3.63) is 29.0 Å². The first kappa shape index (κ1) is 12.4. The van der Waals surface area contributed by atoms with Crippen molar-refractivity contribution >= 4 is 22.6 Å². The van der Waals surface area contributed by atoms with E-state index in [0.717, 1.165) is 34.8 Å². The summed E-state index contributed by atoms with van der Waals surface area (Å²) < 4.78 is 2.23. The summed E-state index contributed by atoms with van der Waals surface area (Å²) in [4.78, 5) is 4.66. The van der Waals surface area contributed by atoms with Gasteiger partial charge in [-0.15, -0.1) is 0 Å². The van der Waals surface area contributed by atoms with Crippen molar-refractivity contribution in [3.63, 3.8) is 0 Å². The monoisotopic (exact) mass is 251 g/mol. The zero-order valence-electron chi connectivity index (χ0n) is 10.3. The molecule has 1 unspecified atom stereocenters. The van der Waals surface area contributed by atoms with E-state index in [1.807, 2.05) is 18.2 Å². The average molecular weight is 252 g/mol. The Balaban J connectivity index is 2.48. The molecular weight excluding hydrogens is 234 g/mol. The molecule has 2 aromatic rings. The SMILES string of the molecule is CCn1c(CC(C)CN)nc2cc(Cl)ccc21. The minimum Gasteiger partial charge on any atom is -0.330 e. The summed E-state index contributed by atoms with van der Waals surface area (Å²) in [5.41, 5.74) is 7.79. The molecule has 0 saturated carbocycles. The van der Waals surface area contributed by atoms with E-state index in [0.29, 0.717) is 12.5 Å². The maximum atomic E-state index is 5.99. The first-order valence-corrected chi connectivity index (χ1v) is 6.38. The van der Waals surface area contributed by atoms with Crippen LogP contribution in [0.5, 0.6) is 0 Å². The summed E-state index contributed by atoms with van der Waals surface area (Å²) in [6, 6.07) is 5.86. The number of aryl methyl sites for hydroxylation is 1. The number of imidazole rings is 1. The van der Waals surface area contributed by atoms with Crippen LogP contribution in [-0.2, 0) is 13.0 Å². The van der Waals surface area contributed by atoms with E-state index in [4.69, 9.17) is 17.3 Å². The summed E-state index contributed by atoms with van der Waals surface area (Å²) in [6.45, 7) is 5.89. The standard InChI is InChI=1S/C13H18ClN3/c1-3-17-12-5-4-10(14)7-11(12)16-13(17)6-9(2)8-15/h4-5,7,9H,3,6,8,15H2,1-2H3. The quantitative estimate of drug-likeness (QED) is 0.908. The largest absolute Gasteiger partial charge is 0.330 e. The third-order valence-electron chi connectivity index (χ3n) is 3.04. The van der Waals surface area contributed by atoms with Crippen molar-refractivity contribution in [2.24, 2.45) is 11.7 Å². The molecule has 0 bridgehead atoms. The van der Waals surface area contributed by atoms with Crippen LogP contribution in [0.1, 0.15) is 19.7 Å². The second-order valence-electron chi connectivity index (χ2n) is 4.45. The van der Waals surface area contributed by atoms with Crippen LogP contribution < -0.4 is 5.73 Å². The summed E-state index contributed by atoms with van der Waals surface area (Å²) >= 11 is 5.99. The third kappa shape index (κ3) is 2.45. The molecule has 92 valence electrons. The highest BCUT2D eigenvalue weighted by Crippen LogP contribution is 2.21. The van der Waals surface area contributed by atoms with Crippen LogP contribution in [0.3, 0.4) is 0 Å². The van der Waals surface area contributed by atoms with Crippen molar-refractivity contribution in [3.8, 4) is 0 Å². The Kier molecular flexibility index (Phi) is 3.69. The number of hydrogen-bond donors (Lipinski definition) is 1. The molecule has 1 aromatic heterocycles. The first-order chi connectivity index (χ1) is 8.15. The summed E-state index contributed by atoms with van der Waals surface area (Å²) in [5, 5.41) is 0.733. The van der Waals surface area contributed by atoms with Gasteiger partial charge in [0.2, 0.25) is 0 Å². The number of aromatic nitrogens is 2. The van der Waals surface area contributed by atoms with E-state index in [1.165, 1.54) is 0 Å². The van der Waals surface area contributed by atoms with Crippen LogP contribution in [0.2, 0.25) is 5.02 Å². The van der Waals surface area contributed by atoms with E-state index in [2.05, 4.69) is 23.4 Å². The molecule has 0 fully saturated rings. The van der Waals surface area contributed by atoms with Gasteiger partial charge in [0, 0.05) is 18.0 Å². The lowest BCUT2D eigenvalue weighted by atomic mass is 10.1. The van der Waals surface area contributed by atoms with Crippen LogP contribution in [0.15, 0.2) is 18.2 Å². The van der Waals surface area contributed by atoms with Gasteiger partial charge in [-0.2, -0.15) is 0 Å². The van der Waals surface area contributed by atoms with Crippen LogP contribution in [0.4, 0.5) is 0 Å². The predicted octanol–water partition coefficient (Wildman–Crippen LogP) is 2.85. The Labute approximate surface area is 107 Å². The highest BCUT2D eigenvalue weighted by Gasteiger charge is 2.12. The molecule has 0 aliphatic heterocycles. The van der Waals surface area contributed by atoms with Gasteiger partial charge < -0.3 is 10.3 Å². The number of rotatable bonds is 4. The van der Waals surface area contributed by atoms with Gasteiger partial charge in [0.25, 0.3) is 0 Å². The highest BCUT2D eigenvalue weighted by atomic mass is 35.5. The van der Waals surface area contributed by atoms with Crippen molar-refractivity contribution < 1.29 is 0 Å². The molecule has 4 heteroatoms. The van der Waals surface area contributed by atoms with Gasteiger partial charge in [0.15, 0.2) is 0 Å². The lowest BCUT2D eigenvalue weighted by Crippen LogP contribution is -2.15. The van der Waals surface area contributed by atoms with Crippen LogP contribution >= 0.6 is 11.6 Å². The third-order valence-corrected chi connectivity index (χ3v) is 3.27. The van der Waals surface area contributed by atoms with Gasteiger partial charge in [-0.25, -0.2) is 4.98 Å². The van der Waals surface area contributed by atoms with Crippen LogP contribution in [-0.4, -0.2) is 16.1 Å². The molecule has 0 aliphatic carbocycles. The summed E-state index contributed by atoms with van der Waals surface area (Å²) in [6.07, 6.45) is 0.913. The number of nitrogens with zero attached hydrogens (tertiary/aromatic N) is 2. The molecule has 17 heavy (non-hydrogen) atoms. The summed E-state index contributed by atoms with van der Waals surface area (Å²) in [5.74, 6) is 1.55. The summed E-state index contributed by atoms with van der Waals surface area (Å²) in [7, 11) is 0. The second-order valence-corrected chi connectivity index (χ2v) is 4.89. The van der Waals surface area contributed by atoms with Crippen molar-refractivity contribution in [1.82, 2.24) is 9.55 Å². The lowest BCUT2D eigenvalue weighted by Gasteiger charge is -2.09. The Morgan fingerprint density at radius 1 is 1.47 bits per heavy atom. The van der Waals surface area contributed by atoms with Gasteiger partial charge in [-0.1, -0.05) is 18.5 Å². The maximum absolute atomic E-state index is 5.99. The van der Waals surface area contributed by atoms with Crippen LogP contribution in [0, 0.1) is 5.92 Å². The fourth-order valence-corrected chi connectivity index (χ4v) is 2.22. The lowest BCUT2D eigenvalue weighted by molar-refractivity contribution is 0.553. The smallest absolute Gasteiger partial charge is 0.110 e. The minimum absolute atomic E-state index is 0.451. The molecular formula is C13H18ClN3. The molecule has 2 rings (SSSR count). The Morgan fingerprint density at radius 3 is 2.88 bits per heavy atom. The Hall–Kier alpha value is -1.06. The molecule has 1 heterocycles. The van der Waals surface area contributed by atoms with Gasteiger partial charge in [0.1, 0.15) is 5.82 Å². The predicted molar refractivity (Wildman–Crippen MR) is 72.3 cm³/mol. The van der Waals surface area contributed by atoms with E-state index in [-0.39, 0.29) is 0 Å². The van der Waals surface area contributed by atoms with E-state index in [1.54, 1.807) is 0 Å². The van der Waals surface area contributed by atoms with Crippen LogP contribution in [0.25, 0.3) is 11.0 Å². The van der Waals surface area contributed by atoms with E-state index in [9.17, 15) is 0 Å². The van der Waals surface area contributed by atoms with Crippen molar-refractivity contribution in [2.45, 2.75) is 26.8 Å². The highest BCUT2D eigenvalue weighted by molar-refractivity contribution is 6.31. The van der Waals surface area contributed by atoms with Gasteiger partial charge in [-0.05, 0) is 37.6 Å². The fraction of sp³-hybridized carbons (Fsp3) is 0.462. The number of fused-ring (bicyclic) bond motifs is 1. The second kappa shape index (κ2) is 5.07. The van der Waals surface area contributed by atoms with Crippen molar-refractivity contribution in [1.29, 1.82) is 0 Å². The zero-order valence-corrected chi connectivity index (χ0v) is 11.0. The first-order valence-electron chi connectivity index (χ1n) is 6.00. The maximum Gasteiger partial charge on any atom is 0.110 e. The minimum atomic E-state index is 0.451. The molecule has 3 nitrogen and oxygen atoms in total. The van der Waals surface area contributed by atoms with Gasteiger partial charge in [0.05, 0.1) is 11.0 Å². The van der Waals surface area contributed by atoms with Gasteiger partial charge >= 0.3 is 0 Å². The average Bonchev–Trinajstić information content (AvgIpc) is 2.64. The fourth-order valence-electron chi connectivity index (χ4n) is 2.06. The normalized spacial score (nSPS) is 13.2. The topological polar surface area (TPSA) is 43.8 Å². The molecule has 1 aromatic carbocycles. The number of nitrogens with two attached hydrogens (primary N) is 1. The van der Waals surface area contributed by atoms with Gasteiger partial charge in [-0.3, -0.25) is 0 Å². The molecule has 0 radical (unpaired) electrons. The van der Waals surface area contributed by atoms with E-state index < -0.39 is 0 Å². The molecule has 0 aliphatic rings. The molecule has 1 atom stereocenters. The Bertz CT molecular complexity index is 519. The molecule has 2 N–H and O–H groups in total. The molecule has 0 saturated heterocycles. The Morgan fingerprint density at radius 2 is 2.24 bits per heavy atom. The molecule has 0 amide bonds. The van der Waals surface area contributed by atoms with Crippen molar-refractivity contribution in [2.75, 3.05) is 6.54 Å². The number of halogens is 1. The number of hydrogen-bond acceptors (Lipinski definition) is 2. The number of benzene rings is 1.